The van der Waals surface area contributed by atoms with Crippen LogP contribution in [0.15, 0.2) is 0 Å². The van der Waals surface area contributed by atoms with Gasteiger partial charge in [0, 0.05) is 0 Å². The van der Waals surface area contributed by atoms with E-state index in [-0.39, 0.29) is 0 Å². The van der Waals surface area contributed by atoms with Crippen molar-refractivity contribution >= 4 is 0 Å². The second-order valence-electron chi connectivity index (χ2n) is 4.93. The van der Waals surface area contributed by atoms with Crippen molar-refractivity contribution in [1.82, 2.24) is 0 Å². The van der Waals surface area contributed by atoms with Crippen LogP contribution in [0.25, 0.3) is 0 Å². The molecule has 0 N–H and O–H groups in total. The number of hydrogen-bond donors (Lipinski definition) is 0. The molecule has 0 aliphatic carbocycles. The summed E-state index contributed by atoms with van der Waals surface area (Å²) in [5.74, 6) is 1.85. The molecule has 0 nitrogen and oxygen atoms in total. The lowest BCUT2D eigenvalue weighted by molar-refractivity contribution is 0.422. The predicted molar refractivity (Wildman–Crippen MR) is 62.0 cm³/mol. The Labute approximate surface area is 85.1 Å². The van der Waals surface area contributed by atoms with Crippen LogP contribution in [-0.4, -0.2) is 0 Å². The third-order valence-electron chi connectivity index (χ3n) is 2.78. The van der Waals surface area contributed by atoms with E-state index in [2.05, 4.69) is 27.7 Å². The van der Waals surface area contributed by atoms with Crippen molar-refractivity contribution in [3.8, 4) is 0 Å². The van der Waals surface area contributed by atoms with Crippen LogP contribution in [0.2, 0.25) is 0 Å². The monoisotopic (exact) mass is 184 g/mol. The van der Waals surface area contributed by atoms with E-state index in [1.807, 2.05) is 0 Å². The van der Waals surface area contributed by atoms with Gasteiger partial charge in [-0.05, 0) is 11.8 Å². The summed E-state index contributed by atoms with van der Waals surface area (Å²) in [6.07, 6.45) is 9.98. The highest BCUT2D eigenvalue weighted by Crippen LogP contribution is 2.17. The van der Waals surface area contributed by atoms with E-state index in [0.717, 1.165) is 11.8 Å². The molecule has 0 heterocycles. The molecule has 0 aliphatic rings. The lowest BCUT2D eigenvalue weighted by Crippen LogP contribution is -1.96. The molecule has 0 heteroatoms. The van der Waals surface area contributed by atoms with Gasteiger partial charge >= 0.3 is 0 Å². The number of hydrogen-bond acceptors (Lipinski definition) is 0. The van der Waals surface area contributed by atoms with Crippen molar-refractivity contribution in [2.24, 2.45) is 11.8 Å². The molecule has 0 aromatic heterocycles. The first kappa shape index (κ1) is 13.0. The highest BCUT2D eigenvalue weighted by Gasteiger charge is 2.02. The second kappa shape index (κ2) is 8.59. The maximum atomic E-state index is 2.41. The summed E-state index contributed by atoms with van der Waals surface area (Å²) < 4.78 is 0. The van der Waals surface area contributed by atoms with Gasteiger partial charge in [-0.25, -0.2) is 0 Å². The molecule has 0 aromatic rings. The standard InChI is InChI=1S/C13H28/c1-5-6-7-10-13(4)11-8-9-12(2)3/h12-13H,5-11H2,1-4H3/t13-/m0/s1. The van der Waals surface area contributed by atoms with Crippen molar-refractivity contribution in [2.45, 2.75) is 72.6 Å². The van der Waals surface area contributed by atoms with Crippen LogP contribution in [0, 0.1) is 11.8 Å². The molecule has 0 spiro atoms. The third kappa shape index (κ3) is 9.92. The molecular formula is C13H28. The number of unbranched alkanes of at least 4 members (excludes halogenated alkanes) is 2. The van der Waals surface area contributed by atoms with E-state index >= 15 is 0 Å². The van der Waals surface area contributed by atoms with Gasteiger partial charge in [-0.2, -0.15) is 0 Å². The van der Waals surface area contributed by atoms with Crippen molar-refractivity contribution in [1.29, 1.82) is 0 Å². The molecule has 0 radical (unpaired) electrons. The Balaban J connectivity index is 3.15. The molecule has 0 aliphatic heterocycles. The van der Waals surface area contributed by atoms with Crippen LogP contribution in [0.1, 0.15) is 72.6 Å². The van der Waals surface area contributed by atoms with Gasteiger partial charge in [0.25, 0.3) is 0 Å². The van der Waals surface area contributed by atoms with E-state index in [4.69, 9.17) is 0 Å². The third-order valence-corrected chi connectivity index (χ3v) is 2.78. The molecule has 0 bridgehead atoms. The average Bonchev–Trinajstić information content (AvgIpc) is 2.04. The van der Waals surface area contributed by atoms with Crippen molar-refractivity contribution in [3.05, 3.63) is 0 Å². The molecule has 0 rings (SSSR count). The molecule has 0 unspecified atom stereocenters. The minimum atomic E-state index is 0.892. The van der Waals surface area contributed by atoms with E-state index in [9.17, 15) is 0 Å². The molecule has 0 amide bonds. The van der Waals surface area contributed by atoms with E-state index < -0.39 is 0 Å². The molecule has 0 fully saturated rings. The molecular weight excluding hydrogens is 156 g/mol. The zero-order chi connectivity index (χ0) is 10.1. The van der Waals surface area contributed by atoms with Gasteiger partial charge in [0.15, 0.2) is 0 Å². The summed E-state index contributed by atoms with van der Waals surface area (Å²) in [6, 6.07) is 0. The Morgan fingerprint density at radius 2 is 1.38 bits per heavy atom. The first-order valence-corrected chi connectivity index (χ1v) is 6.16. The van der Waals surface area contributed by atoms with Crippen molar-refractivity contribution in [3.63, 3.8) is 0 Å². The quantitative estimate of drug-likeness (QED) is 0.464. The Kier molecular flexibility index (Phi) is 8.59. The molecule has 0 aromatic carbocycles. The largest absolute Gasteiger partial charge is 0.0654 e. The van der Waals surface area contributed by atoms with Crippen LogP contribution in [-0.2, 0) is 0 Å². The van der Waals surface area contributed by atoms with Gasteiger partial charge in [0.1, 0.15) is 0 Å². The highest BCUT2D eigenvalue weighted by atomic mass is 14.1. The Morgan fingerprint density at radius 1 is 0.769 bits per heavy atom. The first-order valence-electron chi connectivity index (χ1n) is 6.16. The zero-order valence-corrected chi connectivity index (χ0v) is 10.1. The van der Waals surface area contributed by atoms with E-state index in [1.54, 1.807) is 0 Å². The van der Waals surface area contributed by atoms with Crippen LogP contribution in [0.5, 0.6) is 0 Å². The molecule has 13 heavy (non-hydrogen) atoms. The van der Waals surface area contributed by atoms with Gasteiger partial charge in [-0.3, -0.25) is 0 Å². The maximum absolute atomic E-state index is 2.41. The SMILES string of the molecule is CCCCC[C@H](C)CCCC(C)C. The predicted octanol–water partition coefficient (Wildman–Crippen LogP) is 5.03. The fraction of sp³-hybridized carbons (Fsp3) is 1.00. The van der Waals surface area contributed by atoms with Crippen LogP contribution >= 0.6 is 0 Å². The molecule has 1 atom stereocenters. The van der Waals surface area contributed by atoms with E-state index in [0.29, 0.717) is 0 Å². The Hall–Kier alpha value is 0. The summed E-state index contributed by atoms with van der Waals surface area (Å²) in [5.41, 5.74) is 0. The lowest BCUT2D eigenvalue weighted by atomic mass is 9.95. The summed E-state index contributed by atoms with van der Waals surface area (Å²) in [5, 5.41) is 0. The smallest absolute Gasteiger partial charge is 0.0443 e. The molecule has 0 saturated heterocycles. The lowest BCUT2D eigenvalue weighted by Gasteiger charge is -2.11. The zero-order valence-electron chi connectivity index (χ0n) is 10.1. The van der Waals surface area contributed by atoms with Crippen LogP contribution in [0.3, 0.4) is 0 Å². The van der Waals surface area contributed by atoms with Gasteiger partial charge in [0.2, 0.25) is 0 Å². The summed E-state index contributed by atoms with van der Waals surface area (Å²) in [6.45, 7) is 9.34. The molecule has 80 valence electrons. The Bertz CT molecular complexity index is 94.2. The molecule has 0 saturated carbocycles. The van der Waals surface area contributed by atoms with Crippen molar-refractivity contribution < 1.29 is 0 Å². The maximum Gasteiger partial charge on any atom is -0.0443 e. The Morgan fingerprint density at radius 3 is 1.92 bits per heavy atom. The van der Waals surface area contributed by atoms with Gasteiger partial charge < -0.3 is 0 Å². The number of rotatable bonds is 8. The minimum Gasteiger partial charge on any atom is -0.0654 e. The normalized spacial score (nSPS) is 13.6. The minimum absolute atomic E-state index is 0.892. The summed E-state index contributed by atoms with van der Waals surface area (Å²) in [7, 11) is 0. The fourth-order valence-corrected chi connectivity index (χ4v) is 1.76. The fourth-order valence-electron chi connectivity index (χ4n) is 1.76. The average molecular weight is 184 g/mol. The summed E-state index contributed by atoms with van der Waals surface area (Å²) >= 11 is 0. The van der Waals surface area contributed by atoms with Gasteiger partial charge in [0.05, 0.1) is 0 Å². The van der Waals surface area contributed by atoms with Gasteiger partial charge in [-0.15, -0.1) is 0 Å². The van der Waals surface area contributed by atoms with E-state index in [1.165, 1.54) is 44.9 Å². The highest BCUT2D eigenvalue weighted by molar-refractivity contribution is 4.55. The van der Waals surface area contributed by atoms with Crippen molar-refractivity contribution in [2.75, 3.05) is 0 Å². The summed E-state index contributed by atoms with van der Waals surface area (Å²) in [4.78, 5) is 0. The first-order chi connectivity index (χ1) is 6.16. The van der Waals surface area contributed by atoms with Crippen LogP contribution in [0.4, 0.5) is 0 Å². The van der Waals surface area contributed by atoms with Crippen LogP contribution < -0.4 is 0 Å². The van der Waals surface area contributed by atoms with Gasteiger partial charge in [-0.1, -0.05) is 72.6 Å². The topological polar surface area (TPSA) is 0 Å². The second-order valence-corrected chi connectivity index (χ2v) is 4.93.